The van der Waals surface area contributed by atoms with Crippen molar-refractivity contribution in [2.75, 3.05) is 52.1 Å². The molecule has 3 atom stereocenters. The Labute approximate surface area is 159 Å². The quantitative estimate of drug-likeness (QED) is 0.543. The Bertz CT molecular complexity index is 530. The van der Waals surface area contributed by atoms with Crippen LogP contribution in [0.2, 0.25) is 0 Å². The lowest BCUT2D eigenvalue weighted by atomic mass is 10.0. The molecule has 9 heteroatoms. The van der Waals surface area contributed by atoms with E-state index < -0.39 is 12.1 Å². The molecule has 3 heterocycles. The summed E-state index contributed by atoms with van der Waals surface area (Å²) in [6, 6.07) is -0.995. The highest BCUT2D eigenvalue weighted by atomic mass is 32.2. The minimum Gasteiger partial charge on any atom is -0.391 e. The lowest BCUT2D eigenvalue weighted by Crippen LogP contribution is -2.58. The minimum absolute atomic E-state index is 0.126. The molecule has 3 saturated heterocycles. The number of piperidine rings is 1. The highest BCUT2D eigenvalue weighted by Gasteiger charge is 2.45. The van der Waals surface area contributed by atoms with E-state index in [1.54, 1.807) is 4.90 Å². The fourth-order valence-electron chi connectivity index (χ4n) is 3.82. The van der Waals surface area contributed by atoms with Gasteiger partial charge in [-0.25, -0.2) is 0 Å². The van der Waals surface area contributed by atoms with Crippen LogP contribution in [0.15, 0.2) is 0 Å². The molecule has 3 rings (SSSR count). The summed E-state index contributed by atoms with van der Waals surface area (Å²) in [6.45, 7) is 6.20. The van der Waals surface area contributed by atoms with Gasteiger partial charge >= 0.3 is 0 Å². The molecule has 2 amide bonds. The molecule has 148 valence electrons. The van der Waals surface area contributed by atoms with Crippen molar-refractivity contribution in [3.05, 3.63) is 0 Å². The van der Waals surface area contributed by atoms with Crippen LogP contribution in [0.1, 0.15) is 19.8 Å². The van der Waals surface area contributed by atoms with Gasteiger partial charge in [-0.05, 0) is 26.8 Å². The van der Waals surface area contributed by atoms with Crippen LogP contribution < -0.4 is 11.1 Å². The largest absolute Gasteiger partial charge is 0.391 e. The number of piperazine rings is 1. The predicted octanol–water partition coefficient (Wildman–Crippen LogP) is -1.51. The number of carbonyl (C=O) groups is 2. The average molecular weight is 386 g/mol. The molecular formula is C17H31N5O3S. The van der Waals surface area contributed by atoms with Gasteiger partial charge in [-0.2, -0.15) is 0 Å². The second kappa shape index (κ2) is 8.02. The molecule has 3 fully saturated rings. The molecular weight excluding hydrogens is 354 g/mol. The van der Waals surface area contributed by atoms with Gasteiger partial charge in [0.05, 0.1) is 17.0 Å². The zero-order chi connectivity index (χ0) is 18.9. The maximum Gasteiger partial charge on any atom is 0.242 e. The third kappa shape index (κ3) is 4.17. The van der Waals surface area contributed by atoms with Crippen molar-refractivity contribution in [2.45, 2.75) is 42.8 Å². The fourth-order valence-corrected chi connectivity index (χ4v) is 5.23. The zero-order valence-corrected chi connectivity index (χ0v) is 16.5. The Kier molecular flexibility index (Phi) is 6.13. The smallest absolute Gasteiger partial charge is 0.242 e. The number of nitrogens with one attached hydrogen (secondary N) is 1. The van der Waals surface area contributed by atoms with Gasteiger partial charge in [-0.15, -0.1) is 11.8 Å². The lowest BCUT2D eigenvalue weighted by molar-refractivity contribution is -0.137. The Morgan fingerprint density at radius 3 is 2.35 bits per heavy atom. The van der Waals surface area contributed by atoms with Crippen LogP contribution >= 0.6 is 11.8 Å². The van der Waals surface area contributed by atoms with Gasteiger partial charge in [-0.1, -0.05) is 0 Å². The van der Waals surface area contributed by atoms with Gasteiger partial charge in [0.25, 0.3) is 0 Å². The highest BCUT2D eigenvalue weighted by Crippen LogP contribution is 2.39. The van der Waals surface area contributed by atoms with E-state index in [4.69, 9.17) is 5.73 Å². The molecule has 0 unspecified atom stereocenters. The lowest BCUT2D eigenvalue weighted by Gasteiger charge is -2.40. The highest BCUT2D eigenvalue weighted by molar-refractivity contribution is 8.01. The molecule has 26 heavy (non-hydrogen) atoms. The second-order valence-corrected chi connectivity index (χ2v) is 9.13. The Balaban J connectivity index is 1.51. The Hall–Kier alpha value is -0.870. The monoisotopic (exact) mass is 385 g/mol. The van der Waals surface area contributed by atoms with Gasteiger partial charge in [0.15, 0.2) is 0 Å². The summed E-state index contributed by atoms with van der Waals surface area (Å²) in [7, 11) is 2.08. The normalized spacial score (nSPS) is 29.0. The molecule has 0 aliphatic carbocycles. The number of aliphatic hydroxyl groups excluding tert-OH is 1. The average Bonchev–Trinajstić information content (AvgIpc) is 3.04. The zero-order valence-electron chi connectivity index (χ0n) is 15.7. The number of hydrogen-bond donors (Lipinski definition) is 3. The molecule has 0 saturated carbocycles. The van der Waals surface area contributed by atoms with Gasteiger partial charge in [0.1, 0.15) is 6.04 Å². The summed E-state index contributed by atoms with van der Waals surface area (Å²) >= 11 is 1.81. The third-order valence-electron chi connectivity index (χ3n) is 5.76. The molecule has 8 nitrogen and oxygen atoms in total. The first kappa shape index (κ1) is 19.9. The van der Waals surface area contributed by atoms with E-state index in [1.165, 1.54) is 6.92 Å². The standard InChI is InChI=1S/C17H31N5O3S/c1-12(23)14(18)16(25)21-5-3-17(4-6-21)19-13(11-26-17)15(24)22-9-7-20(2)8-10-22/h12-14,19,23H,3-11,18H2,1-2H3/t12-,13+,14+/m1/s1. The third-order valence-corrected chi connectivity index (χ3v) is 7.34. The molecule has 0 aromatic rings. The van der Waals surface area contributed by atoms with Crippen molar-refractivity contribution < 1.29 is 14.7 Å². The van der Waals surface area contributed by atoms with Crippen molar-refractivity contribution >= 4 is 23.6 Å². The maximum absolute atomic E-state index is 12.8. The number of likely N-dealkylation sites (tertiary alicyclic amines) is 1. The Morgan fingerprint density at radius 1 is 1.15 bits per heavy atom. The van der Waals surface area contributed by atoms with Crippen LogP contribution in [0.5, 0.6) is 0 Å². The van der Waals surface area contributed by atoms with Gasteiger partial charge < -0.3 is 25.5 Å². The topological polar surface area (TPSA) is 102 Å². The van der Waals surface area contributed by atoms with E-state index in [1.807, 2.05) is 16.7 Å². The van der Waals surface area contributed by atoms with Crippen molar-refractivity contribution in [3.8, 4) is 0 Å². The van der Waals surface area contributed by atoms with E-state index in [0.717, 1.165) is 44.8 Å². The van der Waals surface area contributed by atoms with E-state index in [-0.39, 0.29) is 22.7 Å². The summed E-state index contributed by atoms with van der Waals surface area (Å²) in [5.74, 6) is 0.798. The summed E-state index contributed by atoms with van der Waals surface area (Å²) in [6.07, 6.45) is 0.744. The van der Waals surface area contributed by atoms with Crippen LogP contribution in [-0.2, 0) is 9.59 Å². The van der Waals surface area contributed by atoms with Crippen molar-refractivity contribution in [3.63, 3.8) is 0 Å². The summed E-state index contributed by atoms with van der Waals surface area (Å²) in [4.78, 5) is 30.9. The fraction of sp³-hybridized carbons (Fsp3) is 0.882. The molecule has 0 aromatic heterocycles. The van der Waals surface area contributed by atoms with Gasteiger partial charge in [0, 0.05) is 45.0 Å². The molecule has 1 spiro atoms. The maximum atomic E-state index is 12.8. The van der Waals surface area contributed by atoms with E-state index in [0.29, 0.717) is 13.1 Å². The number of rotatable bonds is 3. The first-order valence-electron chi connectivity index (χ1n) is 9.43. The van der Waals surface area contributed by atoms with Crippen molar-refractivity contribution in [1.82, 2.24) is 20.0 Å². The second-order valence-electron chi connectivity index (χ2n) is 7.72. The van der Waals surface area contributed by atoms with Crippen LogP contribution in [0, 0.1) is 0 Å². The number of nitrogens with two attached hydrogens (primary N) is 1. The molecule has 0 radical (unpaired) electrons. The Morgan fingerprint density at radius 2 is 1.77 bits per heavy atom. The van der Waals surface area contributed by atoms with Crippen LogP contribution in [-0.4, -0.2) is 107 Å². The number of thioether (sulfide) groups is 1. The van der Waals surface area contributed by atoms with E-state index in [9.17, 15) is 14.7 Å². The van der Waals surface area contributed by atoms with Gasteiger partial charge in [-0.3, -0.25) is 14.9 Å². The van der Waals surface area contributed by atoms with E-state index in [2.05, 4.69) is 17.3 Å². The molecule has 0 bridgehead atoms. The number of aliphatic hydroxyl groups is 1. The molecule has 0 aromatic carbocycles. The number of amides is 2. The minimum atomic E-state index is -0.861. The van der Waals surface area contributed by atoms with E-state index >= 15 is 0 Å². The SMILES string of the molecule is C[C@@H](O)[C@H](N)C(=O)N1CCC2(CC1)N[C@H](C(=O)N1CCN(C)CC1)CS2. The number of nitrogens with zero attached hydrogens (tertiary/aromatic N) is 3. The predicted molar refractivity (Wildman–Crippen MR) is 102 cm³/mol. The van der Waals surface area contributed by atoms with Crippen LogP contribution in [0.25, 0.3) is 0 Å². The first-order valence-corrected chi connectivity index (χ1v) is 10.4. The summed E-state index contributed by atoms with van der Waals surface area (Å²) < 4.78 is 0. The number of likely N-dealkylation sites (N-methyl/N-ethyl adjacent to an activating group) is 1. The molecule has 3 aliphatic heterocycles. The number of carbonyl (C=O) groups excluding carboxylic acids is 2. The van der Waals surface area contributed by atoms with Crippen molar-refractivity contribution in [1.29, 1.82) is 0 Å². The number of hydrogen-bond acceptors (Lipinski definition) is 7. The first-order chi connectivity index (χ1) is 12.3. The summed E-state index contributed by atoms with van der Waals surface area (Å²) in [5.41, 5.74) is 5.77. The van der Waals surface area contributed by atoms with Crippen LogP contribution in [0.3, 0.4) is 0 Å². The van der Waals surface area contributed by atoms with Gasteiger partial charge in [0.2, 0.25) is 11.8 Å². The molecule has 3 aliphatic rings. The van der Waals surface area contributed by atoms with Crippen molar-refractivity contribution in [2.24, 2.45) is 5.73 Å². The molecule has 4 N–H and O–H groups in total. The summed E-state index contributed by atoms with van der Waals surface area (Å²) in [5, 5.41) is 13.1. The van der Waals surface area contributed by atoms with Crippen LogP contribution in [0.4, 0.5) is 0 Å².